The molecule has 1 aromatic carbocycles. The van der Waals surface area contributed by atoms with Crippen LogP contribution in [0.3, 0.4) is 0 Å². The van der Waals surface area contributed by atoms with Crippen LogP contribution in [0.1, 0.15) is 18.1 Å². The first-order chi connectivity index (χ1) is 11.7. The predicted octanol–water partition coefficient (Wildman–Crippen LogP) is 3.40. The van der Waals surface area contributed by atoms with E-state index in [1.54, 1.807) is 0 Å². The van der Waals surface area contributed by atoms with Gasteiger partial charge in [0.05, 0.1) is 17.0 Å². The Kier molecular flexibility index (Phi) is 4.02. The van der Waals surface area contributed by atoms with Crippen LogP contribution in [0.4, 0.5) is 0 Å². The molecule has 24 heavy (non-hydrogen) atoms. The molecule has 1 unspecified atom stereocenters. The molecular weight excluding hydrogens is 318 g/mol. The normalized spacial score (nSPS) is 15.3. The molecule has 1 amide bonds. The van der Waals surface area contributed by atoms with Crippen molar-refractivity contribution in [3.63, 3.8) is 0 Å². The summed E-state index contributed by atoms with van der Waals surface area (Å²) in [5.41, 5.74) is 3.67. The van der Waals surface area contributed by atoms with Gasteiger partial charge in [0.2, 0.25) is 5.91 Å². The molecular formula is C19H19N3OS. The van der Waals surface area contributed by atoms with Crippen molar-refractivity contribution < 1.29 is 4.79 Å². The van der Waals surface area contributed by atoms with Gasteiger partial charge in [0, 0.05) is 19.3 Å². The molecule has 1 atom stereocenters. The lowest BCUT2D eigenvalue weighted by Gasteiger charge is -2.30. The number of amides is 1. The van der Waals surface area contributed by atoms with Crippen LogP contribution in [0.25, 0.3) is 5.52 Å². The van der Waals surface area contributed by atoms with Gasteiger partial charge in [0.1, 0.15) is 0 Å². The van der Waals surface area contributed by atoms with Crippen LogP contribution in [0, 0.1) is 0 Å². The van der Waals surface area contributed by atoms with Gasteiger partial charge in [-0.05, 0) is 36.6 Å². The molecule has 0 aliphatic carbocycles. The quantitative estimate of drug-likeness (QED) is 0.688. The van der Waals surface area contributed by atoms with Crippen molar-refractivity contribution in [3.8, 4) is 0 Å². The number of pyridine rings is 1. The summed E-state index contributed by atoms with van der Waals surface area (Å²) >= 11 is 1.52. The molecule has 2 aromatic heterocycles. The molecule has 0 N–H and O–H groups in total. The molecule has 1 aliphatic rings. The molecule has 122 valence electrons. The van der Waals surface area contributed by atoms with Gasteiger partial charge in [-0.3, -0.25) is 9.20 Å². The van der Waals surface area contributed by atoms with E-state index in [-0.39, 0.29) is 11.2 Å². The Morgan fingerprint density at radius 1 is 1.17 bits per heavy atom. The van der Waals surface area contributed by atoms with E-state index >= 15 is 0 Å². The summed E-state index contributed by atoms with van der Waals surface area (Å²) in [6.45, 7) is 3.48. The minimum atomic E-state index is -0.152. The Labute approximate surface area is 145 Å². The third-order valence-electron chi connectivity index (χ3n) is 4.48. The van der Waals surface area contributed by atoms with Gasteiger partial charge in [-0.15, -0.1) is 0 Å². The van der Waals surface area contributed by atoms with Gasteiger partial charge >= 0.3 is 0 Å². The number of carbonyl (C=O) groups excluding carboxylic acids is 1. The van der Waals surface area contributed by atoms with E-state index in [9.17, 15) is 4.79 Å². The maximum atomic E-state index is 12.8. The van der Waals surface area contributed by atoms with Crippen LogP contribution < -0.4 is 0 Å². The Morgan fingerprint density at radius 3 is 2.83 bits per heavy atom. The number of fused-ring (bicyclic) bond motifs is 2. The van der Waals surface area contributed by atoms with E-state index in [0.717, 1.165) is 23.6 Å². The zero-order valence-corrected chi connectivity index (χ0v) is 14.4. The first-order valence-corrected chi connectivity index (χ1v) is 9.04. The fourth-order valence-corrected chi connectivity index (χ4v) is 4.12. The van der Waals surface area contributed by atoms with E-state index in [1.165, 1.54) is 22.9 Å². The Balaban J connectivity index is 1.49. The van der Waals surface area contributed by atoms with Crippen LogP contribution in [0.15, 0.2) is 60.0 Å². The molecule has 4 nitrogen and oxygen atoms in total. The third kappa shape index (κ3) is 2.80. The lowest BCUT2D eigenvalue weighted by Crippen LogP contribution is -2.40. The molecule has 0 saturated heterocycles. The van der Waals surface area contributed by atoms with Crippen LogP contribution in [-0.4, -0.2) is 32.0 Å². The number of thioether (sulfide) groups is 1. The van der Waals surface area contributed by atoms with E-state index in [0.29, 0.717) is 6.54 Å². The maximum Gasteiger partial charge on any atom is 0.236 e. The average molecular weight is 337 g/mol. The van der Waals surface area contributed by atoms with Crippen molar-refractivity contribution in [2.75, 3.05) is 6.54 Å². The zero-order chi connectivity index (χ0) is 16.5. The van der Waals surface area contributed by atoms with Gasteiger partial charge in [-0.2, -0.15) is 0 Å². The molecule has 0 fully saturated rings. The zero-order valence-electron chi connectivity index (χ0n) is 13.6. The number of benzene rings is 1. The van der Waals surface area contributed by atoms with E-state index in [1.807, 2.05) is 52.9 Å². The van der Waals surface area contributed by atoms with E-state index in [4.69, 9.17) is 0 Å². The lowest BCUT2D eigenvalue weighted by atomic mass is 10.00. The van der Waals surface area contributed by atoms with Crippen molar-refractivity contribution in [2.24, 2.45) is 0 Å². The number of rotatable bonds is 3. The Hall–Kier alpha value is -2.27. The largest absolute Gasteiger partial charge is 0.337 e. The maximum absolute atomic E-state index is 12.8. The fourth-order valence-electron chi connectivity index (χ4n) is 3.16. The number of hydrogen-bond donors (Lipinski definition) is 0. The Bertz CT molecular complexity index is 889. The summed E-state index contributed by atoms with van der Waals surface area (Å²) in [7, 11) is 0. The van der Waals surface area contributed by atoms with Gasteiger partial charge in [0.25, 0.3) is 0 Å². The van der Waals surface area contributed by atoms with Crippen molar-refractivity contribution in [2.45, 2.75) is 30.3 Å². The standard InChI is InChI=1S/C19H19N3OS/c1-14(24-19-20-12-17-8-4-5-10-22(17)19)18(23)21-11-9-15-6-2-3-7-16(15)13-21/h2-8,10,12,14H,9,11,13H2,1H3. The highest BCUT2D eigenvalue weighted by molar-refractivity contribution is 8.00. The second-order valence-electron chi connectivity index (χ2n) is 6.07. The van der Waals surface area contributed by atoms with Crippen molar-refractivity contribution in [3.05, 3.63) is 66.0 Å². The summed E-state index contributed by atoms with van der Waals surface area (Å²) in [5.74, 6) is 0.183. The number of aromatic nitrogens is 2. The highest BCUT2D eigenvalue weighted by Crippen LogP contribution is 2.26. The minimum absolute atomic E-state index is 0.152. The summed E-state index contributed by atoms with van der Waals surface area (Å²) < 4.78 is 2.03. The molecule has 0 spiro atoms. The molecule has 3 aromatic rings. The summed E-state index contributed by atoms with van der Waals surface area (Å²) in [6, 6.07) is 14.4. The number of nitrogens with zero attached hydrogens (tertiary/aromatic N) is 3. The van der Waals surface area contributed by atoms with Crippen LogP contribution in [0.2, 0.25) is 0 Å². The number of carbonyl (C=O) groups is 1. The number of imidazole rings is 1. The van der Waals surface area contributed by atoms with Crippen molar-refractivity contribution in [1.82, 2.24) is 14.3 Å². The smallest absolute Gasteiger partial charge is 0.236 e. The summed E-state index contributed by atoms with van der Waals surface area (Å²) in [6.07, 6.45) is 4.77. The molecule has 0 radical (unpaired) electrons. The second kappa shape index (κ2) is 6.32. The van der Waals surface area contributed by atoms with Gasteiger partial charge in [0.15, 0.2) is 5.16 Å². The highest BCUT2D eigenvalue weighted by Gasteiger charge is 2.26. The van der Waals surface area contributed by atoms with Gasteiger partial charge in [-0.25, -0.2) is 4.98 Å². The molecule has 3 heterocycles. The minimum Gasteiger partial charge on any atom is -0.337 e. The fraction of sp³-hybridized carbons (Fsp3) is 0.263. The summed E-state index contributed by atoms with van der Waals surface area (Å²) in [4.78, 5) is 19.3. The van der Waals surface area contributed by atoms with E-state index < -0.39 is 0 Å². The highest BCUT2D eigenvalue weighted by atomic mass is 32.2. The van der Waals surface area contributed by atoms with Gasteiger partial charge in [-0.1, -0.05) is 42.1 Å². The molecule has 0 saturated carbocycles. The van der Waals surface area contributed by atoms with Crippen molar-refractivity contribution in [1.29, 1.82) is 0 Å². The van der Waals surface area contributed by atoms with Crippen LogP contribution in [0.5, 0.6) is 0 Å². The van der Waals surface area contributed by atoms with Crippen molar-refractivity contribution >= 4 is 23.2 Å². The predicted molar refractivity (Wildman–Crippen MR) is 96.1 cm³/mol. The molecule has 0 bridgehead atoms. The SMILES string of the molecule is CC(Sc1ncc2ccccn12)C(=O)N1CCc2ccccc2C1. The van der Waals surface area contributed by atoms with Crippen LogP contribution in [-0.2, 0) is 17.8 Å². The topological polar surface area (TPSA) is 37.6 Å². The van der Waals surface area contributed by atoms with Crippen LogP contribution >= 0.6 is 11.8 Å². The third-order valence-corrected chi connectivity index (χ3v) is 5.55. The molecule has 5 heteroatoms. The monoisotopic (exact) mass is 337 g/mol. The second-order valence-corrected chi connectivity index (χ2v) is 7.38. The first kappa shape index (κ1) is 15.3. The Morgan fingerprint density at radius 2 is 1.96 bits per heavy atom. The van der Waals surface area contributed by atoms with Gasteiger partial charge < -0.3 is 4.90 Å². The van der Waals surface area contributed by atoms with E-state index in [2.05, 4.69) is 23.2 Å². The lowest BCUT2D eigenvalue weighted by molar-refractivity contribution is -0.131. The molecule has 4 rings (SSSR count). The average Bonchev–Trinajstić information content (AvgIpc) is 3.03. The first-order valence-electron chi connectivity index (χ1n) is 8.17. The summed E-state index contributed by atoms with van der Waals surface area (Å²) in [5, 5.41) is 0.713. The number of hydrogen-bond acceptors (Lipinski definition) is 3. The molecule has 1 aliphatic heterocycles.